The minimum atomic E-state index is 0.225. The molecule has 1 unspecified atom stereocenters. The topological polar surface area (TPSA) is 21.3 Å². The highest BCUT2D eigenvalue weighted by atomic mass is 35.5. The van der Waals surface area contributed by atoms with Crippen molar-refractivity contribution in [1.29, 1.82) is 0 Å². The molecular formula is C13H18ClNO. The number of rotatable bonds is 6. The van der Waals surface area contributed by atoms with E-state index in [1.54, 1.807) is 6.08 Å². The van der Waals surface area contributed by atoms with Crippen molar-refractivity contribution in [3.63, 3.8) is 0 Å². The Labute approximate surface area is 102 Å². The van der Waals surface area contributed by atoms with Gasteiger partial charge in [-0.05, 0) is 31.7 Å². The number of hydrogen-bond donors (Lipinski definition) is 1. The lowest BCUT2D eigenvalue weighted by atomic mass is 10.1. The van der Waals surface area contributed by atoms with Gasteiger partial charge in [0.05, 0.1) is 0 Å². The second kappa shape index (κ2) is 6.56. The Morgan fingerprint density at radius 1 is 1.56 bits per heavy atom. The van der Waals surface area contributed by atoms with E-state index >= 15 is 0 Å². The molecule has 0 bridgehead atoms. The van der Waals surface area contributed by atoms with Crippen molar-refractivity contribution in [3.8, 4) is 5.75 Å². The minimum Gasteiger partial charge on any atom is -0.489 e. The Balaban J connectivity index is 2.92. The molecule has 1 N–H and O–H groups in total. The summed E-state index contributed by atoms with van der Waals surface area (Å²) in [5.41, 5.74) is 1.08. The van der Waals surface area contributed by atoms with Crippen LogP contribution in [0.15, 0.2) is 30.9 Å². The summed E-state index contributed by atoms with van der Waals surface area (Å²) in [4.78, 5) is 0. The molecule has 1 atom stereocenters. The molecule has 1 rings (SSSR count). The van der Waals surface area contributed by atoms with Gasteiger partial charge in [0.25, 0.3) is 0 Å². The first-order valence-electron chi connectivity index (χ1n) is 5.45. The van der Waals surface area contributed by atoms with Gasteiger partial charge in [-0.3, -0.25) is 0 Å². The molecule has 0 aromatic heterocycles. The highest BCUT2D eigenvalue weighted by Gasteiger charge is 2.11. The molecule has 0 aliphatic rings. The van der Waals surface area contributed by atoms with E-state index in [0.717, 1.165) is 22.9 Å². The number of hydrogen-bond acceptors (Lipinski definition) is 2. The molecule has 3 heteroatoms. The highest BCUT2D eigenvalue weighted by Crippen LogP contribution is 2.28. The SMILES string of the molecule is C=CCOc1ccc(Cl)cc1C(C)NCC. The zero-order chi connectivity index (χ0) is 12.0. The quantitative estimate of drug-likeness (QED) is 0.767. The Morgan fingerprint density at radius 3 is 2.94 bits per heavy atom. The van der Waals surface area contributed by atoms with Gasteiger partial charge >= 0.3 is 0 Å². The molecule has 0 aliphatic heterocycles. The van der Waals surface area contributed by atoms with Crippen LogP contribution in [0.4, 0.5) is 0 Å². The fourth-order valence-corrected chi connectivity index (χ4v) is 1.73. The molecule has 0 radical (unpaired) electrons. The van der Waals surface area contributed by atoms with Crippen LogP contribution in [-0.2, 0) is 0 Å². The first-order valence-corrected chi connectivity index (χ1v) is 5.83. The lowest BCUT2D eigenvalue weighted by Gasteiger charge is -2.17. The maximum Gasteiger partial charge on any atom is 0.124 e. The Morgan fingerprint density at radius 2 is 2.31 bits per heavy atom. The summed E-state index contributed by atoms with van der Waals surface area (Å²) in [5, 5.41) is 4.07. The van der Waals surface area contributed by atoms with Crippen molar-refractivity contribution in [2.75, 3.05) is 13.2 Å². The van der Waals surface area contributed by atoms with Crippen LogP contribution in [0.5, 0.6) is 5.75 Å². The summed E-state index contributed by atoms with van der Waals surface area (Å²) in [6.45, 7) is 9.22. The number of nitrogens with one attached hydrogen (secondary N) is 1. The molecule has 0 fully saturated rings. The zero-order valence-corrected chi connectivity index (χ0v) is 10.6. The molecule has 0 saturated heterocycles. The van der Waals surface area contributed by atoms with Gasteiger partial charge in [-0.25, -0.2) is 0 Å². The molecule has 0 heterocycles. The van der Waals surface area contributed by atoms with E-state index in [1.165, 1.54) is 0 Å². The van der Waals surface area contributed by atoms with E-state index in [0.29, 0.717) is 6.61 Å². The molecular weight excluding hydrogens is 222 g/mol. The lowest BCUT2D eigenvalue weighted by Crippen LogP contribution is -2.18. The first kappa shape index (κ1) is 13.1. The molecule has 2 nitrogen and oxygen atoms in total. The van der Waals surface area contributed by atoms with Gasteiger partial charge in [0.2, 0.25) is 0 Å². The van der Waals surface area contributed by atoms with E-state index in [4.69, 9.17) is 16.3 Å². The smallest absolute Gasteiger partial charge is 0.124 e. The number of benzene rings is 1. The van der Waals surface area contributed by atoms with Gasteiger partial charge in [-0.2, -0.15) is 0 Å². The summed E-state index contributed by atoms with van der Waals surface area (Å²) in [5.74, 6) is 0.859. The summed E-state index contributed by atoms with van der Waals surface area (Å²) in [7, 11) is 0. The van der Waals surface area contributed by atoms with Crippen LogP contribution in [0.3, 0.4) is 0 Å². The minimum absolute atomic E-state index is 0.225. The molecule has 88 valence electrons. The van der Waals surface area contributed by atoms with Gasteiger partial charge in [-0.1, -0.05) is 31.2 Å². The maximum absolute atomic E-state index is 5.99. The highest BCUT2D eigenvalue weighted by molar-refractivity contribution is 6.30. The van der Waals surface area contributed by atoms with Crippen LogP contribution >= 0.6 is 11.6 Å². The summed E-state index contributed by atoms with van der Waals surface area (Å²) >= 11 is 5.99. The van der Waals surface area contributed by atoms with Crippen molar-refractivity contribution in [3.05, 3.63) is 41.4 Å². The first-order chi connectivity index (χ1) is 7.69. The average Bonchev–Trinajstić information content (AvgIpc) is 2.27. The molecule has 1 aromatic carbocycles. The van der Waals surface area contributed by atoms with Crippen molar-refractivity contribution >= 4 is 11.6 Å². The Bertz CT molecular complexity index is 352. The van der Waals surface area contributed by atoms with E-state index in [2.05, 4.69) is 25.7 Å². The van der Waals surface area contributed by atoms with Crippen molar-refractivity contribution in [1.82, 2.24) is 5.32 Å². The van der Waals surface area contributed by atoms with Crippen LogP contribution in [0, 0.1) is 0 Å². The third-order valence-electron chi connectivity index (χ3n) is 2.31. The standard InChI is InChI=1S/C13H18ClNO/c1-4-8-16-13-7-6-11(14)9-12(13)10(3)15-5-2/h4,6-7,9-10,15H,1,5,8H2,2-3H3. The van der Waals surface area contributed by atoms with Crippen LogP contribution in [-0.4, -0.2) is 13.2 Å². The predicted octanol–water partition coefficient (Wildman–Crippen LogP) is 3.58. The second-order valence-corrected chi connectivity index (χ2v) is 4.00. The molecule has 0 saturated carbocycles. The molecule has 0 spiro atoms. The fraction of sp³-hybridized carbons (Fsp3) is 0.385. The van der Waals surface area contributed by atoms with Crippen LogP contribution in [0.25, 0.3) is 0 Å². The Hall–Kier alpha value is -0.990. The number of ether oxygens (including phenoxy) is 1. The predicted molar refractivity (Wildman–Crippen MR) is 69.2 cm³/mol. The molecule has 0 amide bonds. The van der Waals surface area contributed by atoms with Gasteiger partial charge in [-0.15, -0.1) is 0 Å². The Kier molecular flexibility index (Phi) is 5.36. The van der Waals surface area contributed by atoms with Gasteiger partial charge in [0, 0.05) is 16.6 Å². The molecule has 0 aliphatic carbocycles. The van der Waals surface area contributed by atoms with E-state index in [9.17, 15) is 0 Å². The van der Waals surface area contributed by atoms with Crippen LogP contribution in [0.2, 0.25) is 5.02 Å². The zero-order valence-electron chi connectivity index (χ0n) is 9.79. The van der Waals surface area contributed by atoms with E-state index in [-0.39, 0.29) is 6.04 Å². The maximum atomic E-state index is 5.99. The summed E-state index contributed by atoms with van der Waals surface area (Å²) < 4.78 is 5.59. The number of halogens is 1. The van der Waals surface area contributed by atoms with Crippen molar-refractivity contribution in [2.24, 2.45) is 0 Å². The lowest BCUT2D eigenvalue weighted by molar-refractivity contribution is 0.354. The second-order valence-electron chi connectivity index (χ2n) is 3.56. The fourth-order valence-electron chi connectivity index (χ4n) is 1.55. The molecule has 1 aromatic rings. The van der Waals surface area contributed by atoms with Crippen molar-refractivity contribution < 1.29 is 4.74 Å². The van der Waals surface area contributed by atoms with Gasteiger partial charge in [0.1, 0.15) is 12.4 Å². The third-order valence-corrected chi connectivity index (χ3v) is 2.54. The third kappa shape index (κ3) is 3.54. The van der Waals surface area contributed by atoms with Crippen LogP contribution < -0.4 is 10.1 Å². The van der Waals surface area contributed by atoms with Crippen molar-refractivity contribution in [2.45, 2.75) is 19.9 Å². The van der Waals surface area contributed by atoms with Crippen LogP contribution in [0.1, 0.15) is 25.5 Å². The largest absolute Gasteiger partial charge is 0.489 e. The summed E-state index contributed by atoms with van der Waals surface area (Å²) in [6, 6.07) is 5.90. The van der Waals surface area contributed by atoms with Gasteiger partial charge in [0.15, 0.2) is 0 Å². The average molecular weight is 240 g/mol. The molecule has 16 heavy (non-hydrogen) atoms. The van der Waals surface area contributed by atoms with Gasteiger partial charge < -0.3 is 10.1 Å². The normalized spacial score (nSPS) is 12.2. The summed E-state index contributed by atoms with van der Waals surface area (Å²) in [6.07, 6.45) is 1.73. The van der Waals surface area contributed by atoms with E-state index < -0.39 is 0 Å². The monoisotopic (exact) mass is 239 g/mol. The van der Waals surface area contributed by atoms with E-state index in [1.807, 2.05) is 18.2 Å².